The number of anilines is 2. The highest BCUT2D eigenvalue weighted by molar-refractivity contribution is 6.31. The smallest absolute Gasteiger partial charge is 0.174 e. The molecule has 0 aliphatic carbocycles. The van der Waals surface area contributed by atoms with Gasteiger partial charge in [0, 0.05) is 11.9 Å². The van der Waals surface area contributed by atoms with Gasteiger partial charge < -0.3 is 14.7 Å². The third-order valence-corrected chi connectivity index (χ3v) is 3.63. The van der Waals surface area contributed by atoms with E-state index in [1.165, 1.54) is 12.1 Å². The number of rotatable bonds is 3. The van der Waals surface area contributed by atoms with Crippen molar-refractivity contribution >= 4 is 34.1 Å². The van der Waals surface area contributed by atoms with E-state index in [0.717, 1.165) is 5.52 Å². The maximum atomic E-state index is 13.2. The van der Waals surface area contributed by atoms with Crippen LogP contribution >= 0.6 is 11.6 Å². The van der Waals surface area contributed by atoms with Gasteiger partial charge in [0.05, 0.1) is 16.8 Å². The van der Waals surface area contributed by atoms with Crippen LogP contribution in [0.4, 0.5) is 15.9 Å². The normalized spacial score (nSPS) is 11.0. The SMILES string of the molecule is Fc1ccc(Nc2nccc3[nH]c(-c4ccco4)nc23)cc1Cl. The first-order chi connectivity index (χ1) is 11.2. The quantitative estimate of drug-likeness (QED) is 0.569. The second-order valence-corrected chi connectivity index (χ2v) is 5.28. The van der Waals surface area contributed by atoms with Crippen molar-refractivity contribution < 1.29 is 8.81 Å². The van der Waals surface area contributed by atoms with Crippen molar-refractivity contribution in [3.63, 3.8) is 0 Å². The van der Waals surface area contributed by atoms with Crippen LogP contribution in [0.1, 0.15) is 0 Å². The molecule has 7 heteroatoms. The Bertz CT molecular complexity index is 981. The van der Waals surface area contributed by atoms with E-state index in [2.05, 4.69) is 20.3 Å². The average molecular weight is 329 g/mol. The molecule has 0 bridgehead atoms. The second kappa shape index (κ2) is 5.40. The molecule has 0 spiro atoms. The van der Waals surface area contributed by atoms with Crippen LogP contribution in [0.5, 0.6) is 0 Å². The number of hydrogen-bond donors (Lipinski definition) is 2. The Morgan fingerprint density at radius 1 is 1.22 bits per heavy atom. The molecular formula is C16H10ClFN4O. The summed E-state index contributed by atoms with van der Waals surface area (Å²) in [6.07, 6.45) is 3.24. The largest absolute Gasteiger partial charge is 0.461 e. The van der Waals surface area contributed by atoms with Gasteiger partial charge in [-0.3, -0.25) is 0 Å². The minimum absolute atomic E-state index is 0.0421. The van der Waals surface area contributed by atoms with E-state index in [1.807, 2.05) is 12.1 Å². The van der Waals surface area contributed by atoms with Crippen molar-refractivity contribution in [2.45, 2.75) is 0 Å². The monoisotopic (exact) mass is 328 g/mol. The molecule has 4 rings (SSSR count). The van der Waals surface area contributed by atoms with Gasteiger partial charge in [0.25, 0.3) is 0 Å². The topological polar surface area (TPSA) is 66.7 Å². The zero-order chi connectivity index (χ0) is 15.8. The van der Waals surface area contributed by atoms with Gasteiger partial charge in [0.1, 0.15) is 11.3 Å². The summed E-state index contributed by atoms with van der Waals surface area (Å²) in [6.45, 7) is 0. The Morgan fingerprint density at radius 2 is 2.13 bits per heavy atom. The van der Waals surface area contributed by atoms with Crippen LogP contribution in [0.2, 0.25) is 5.02 Å². The molecule has 0 atom stereocenters. The fourth-order valence-electron chi connectivity index (χ4n) is 2.27. The van der Waals surface area contributed by atoms with Gasteiger partial charge in [-0.25, -0.2) is 14.4 Å². The van der Waals surface area contributed by atoms with Crippen LogP contribution in [-0.2, 0) is 0 Å². The van der Waals surface area contributed by atoms with Crippen LogP contribution < -0.4 is 5.32 Å². The number of aromatic nitrogens is 3. The number of fused-ring (bicyclic) bond motifs is 1. The molecule has 0 radical (unpaired) electrons. The highest BCUT2D eigenvalue weighted by atomic mass is 35.5. The molecule has 0 aliphatic rings. The fraction of sp³-hybridized carbons (Fsp3) is 0. The maximum Gasteiger partial charge on any atom is 0.174 e. The molecule has 5 nitrogen and oxygen atoms in total. The molecule has 0 saturated carbocycles. The van der Waals surface area contributed by atoms with Crippen LogP contribution in [0, 0.1) is 5.82 Å². The predicted molar refractivity (Wildman–Crippen MR) is 86.3 cm³/mol. The van der Waals surface area contributed by atoms with Crippen molar-refractivity contribution in [3.8, 4) is 11.6 Å². The molecule has 3 aromatic heterocycles. The van der Waals surface area contributed by atoms with Gasteiger partial charge in [0.2, 0.25) is 0 Å². The van der Waals surface area contributed by atoms with Crippen molar-refractivity contribution in [1.29, 1.82) is 0 Å². The number of aromatic amines is 1. The average Bonchev–Trinajstić information content (AvgIpc) is 3.20. The molecule has 0 saturated heterocycles. The van der Waals surface area contributed by atoms with Crippen LogP contribution in [0.15, 0.2) is 53.3 Å². The lowest BCUT2D eigenvalue weighted by atomic mass is 10.3. The molecule has 4 aromatic rings. The van der Waals surface area contributed by atoms with E-state index in [4.69, 9.17) is 16.0 Å². The van der Waals surface area contributed by atoms with Crippen molar-refractivity contribution in [1.82, 2.24) is 15.0 Å². The van der Waals surface area contributed by atoms with Crippen molar-refractivity contribution in [3.05, 3.63) is 59.7 Å². The number of imidazole rings is 1. The number of benzene rings is 1. The lowest BCUT2D eigenvalue weighted by Crippen LogP contribution is -1.95. The standard InChI is InChI=1S/C16H10ClFN4O/c17-10-8-9(3-4-11(10)18)20-16-14-12(5-6-19-16)21-15(22-14)13-2-1-7-23-13/h1-8H,(H,19,20)(H,21,22). The lowest BCUT2D eigenvalue weighted by molar-refractivity contribution is 0.578. The van der Waals surface area contributed by atoms with Gasteiger partial charge >= 0.3 is 0 Å². The van der Waals surface area contributed by atoms with Gasteiger partial charge in [0.15, 0.2) is 17.4 Å². The lowest BCUT2D eigenvalue weighted by Gasteiger charge is -2.06. The van der Waals surface area contributed by atoms with E-state index in [1.54, 1.807) is 24.6 Å². The summed E-state index contributed by atoms with van der Waals surface area (Å²) in [6, 6.07) is 9.80. The number of pyridine rings is 1. The van der Waals surface area contributed by atoms with Crippen molar-refractivity contribution in [2.75, 3.05) is 5.32 Å². The Labute approximate surface area is 135 Å². The zero-order valence-corrected chi connectivity index (χ0v) is 12.4. The molecule has 0 fully saturated rings. The first kappa shape index (κ1) is 13.8. The molecule has 0 amide bonds. The summed E-state index contributed by atoms with van der Waals surface area (Å²) < 4.78 is 18.6. The molecule has 3 heterocycles. The number of H-pyrrole nitrogens is 1. The molecule has 1 aromatic carbocycles. The summed E-state index contributed by atoms with van der Waals surface area (Å²) >= 11 is 5.80. The highest BCUT2D eigenvalue weighted by Crippen LogP contribution is 2.27. The van der Waals surface area contributed by atoms with Crippen LogP contribution in [0.25, 0.3) is 22.6 Å². The van der Waals surface area contributed by atoms with E-state index >= 15 is 0 Å². The van der Waals surface area contributed by atoms with E-state index < -0.39 is 5.82 Å². The third kappa shape index (κ3) is 2.53. The summed E-state index contributed by atoms with van der Waals surface area (Å²) in [5, 5.41) is 3.14. The van der Waals surface area contributed by atoms with Crippen LogP contribution in [-0.4, -0.2) is 15.0 Å². The van der Waals surface area contributed by atoms with Crippen molar-refractivity contribution in [2.24, 2.45) is 0 Å². The summed E-state index contributed by atoms with van der Waals surface area (Å²) in [5.41, 5.74) is 2.08. The molecule has 2 N–H and O–H groups in total. The maximum absolute atomic E-state index is 13.2. The number of hydrogen-bond acceptors (Lipinski definition) is 4. The van der Waals surface area contributed by atoms with Gasteiger partial charge in [-0.1, -0.05) is 11.6 Å². The summed E-state index contributed by atoms with van der Waals surface area (Å²) in [7, 11) is 0. The molecule has 114 valence electrons. The Balaban J connectivity index is 1.76. The van der Waals surface area contributed by atoms with E-state index in [9.17, 15) is 4.39 Å². The third-order valence-electron chi connectivity index (χ3n) is 3.34. The first-order valence-corrected chi connectivity index (χ1v) is 7.19. The first-order valence-electron chi connectivity index (χ1n) is 6.81. The molecule has 0 unspecified atom stereocenters. The Hall–Kier alpha value is -2.86. The Morgan fingerprint density at radius 3 is 2.91 bits per heavy atom. The molecule has 0 aliphatic heterocycles. The molecule has 23 heavy (non-hydrogen) atoms. The number of nitrogens with zero attached hydrogens (tertiary/aromatic N) is 2. The zero-order valence-electron chi connectivity index (χ0n) is 11.7. The summed E-state index contributed by atoms with van der Waals surface area (Å²) in [4.78, 5) is 12.0. The summed E-state index contributed by atoms with van der Waals surface area (Å²) in [5.74, 6) is 1.32. The highest BCUT2D eigenvalue weighted by Gasteiger charge is 2.12. The fourth-order valence-corrected chi connectivity index (χ4v) is 2.45. The second-order valence-electron chi connectivity index (χ2n) is 4.87. The number of furan rings is 1. The minimum Gasteiger partial charge on any atom is -0.461 e. The van der Waals surface area contributed by atoms with Crippen LogP contribution in [0.3, 0.4) is 0 Å². The van der Waals surface area contributed by atoms with Gasteiger partial charge in [-0.2, -0.15) is 0 Å². The number of halogens is 2. The van der Waals surface area contributed by atoms with E-state index in [-0.39, 0.29) is 5.02 Å². The number of nitrogens with one attached hydrogen (secondary N) is 2. The van der Waals surface area contributed by atoms with E-state index in [0.29, 0.717) is 28.6 Å². The van der Waals surface area contributed by atoms with Gasteiger partial charge in [-0.15, -0.1) is 0 Å². The van der Waals surface area contributed by atoms with Gasteiger partial charge in [-0.05, 0) is 36.4 Å². The minimum atomic E-state index is -0.469. The Kier molecular flexibility index (Phi) is 3.24. The molecular weight excluding hydrogens is 319 g/mol. The predicted octanol–water partition coefficient (Wildman–Crippen LogP) is 4.75.